The van der Waals surface area contributed by atoms with Crippen LogP contribution in [-0.2, 0) is 13.0 Å². The number of rotatable bonds is 2. The summed E-state index contributed by atoms with van der Waals surface area (Å²) in [6, 6.07) is 0. The molecule has 1 aromatic rings. The third-order valence-electron chi connectivity index (χ3n) is 2.55. The summed E-state index contributed by atoms with van der Waals surface area (Å²) in [5.41, 5.74) is 1.44. The molecule has 1 N–H and O–H groups in total. The Morgan fingerprint density at radius 1 is 1.60 bits per heavy atom. The van der Waals surface area contributed by atoms with Crippen LogP contribution in [0, 0.1) is 6.92 Å². The van der Waals surface area contributed by atoms with Gasteiger partial charge in [0, 0.05) is 36.6 Å². The number of aromatic nitrogens is 2. The van der Waals surface area contributed by atoms with E-state index in [4.69, 9.17) is 5.11 Å². The predicted molar refractivity (Wildman–Crippen MR) is 59.4 cm³/mol. The zero-order chi connectivity index (χ0) is 10.8. The second-order valence-electron chi connectivity index (χ2n) is 3.59. The second kappa shape index (κ2) is 4.37. The van der Waals surface area contributed by atoms with Gasteiger partial charge in [0.15, 0.2) is 5.16 Å². The molecule has 0 fully saturated rings. The molecule has 0 aromatic carbocycles. The van der Waals surface area contributed by atoms with Gasteiger partial charge in [-0.1, -0.05) is 11.8 Å². The fourth-order valence-corrected chi connectivity index (χ4v) is 2.76. The van der Waals surface area contributed by atoms with Crippen LogP contribution in [0.15, 0.2) is 9.95 Å². The van der Waals surface area contributed by atoms with E-state index in [0.29, 0.717) is 12.0 Å². The Kier molecular flexibility index (Phi) is 3.11. The Labute approximate surface area is 92.3 Å². The first kappa shape index (κ1) is 10.7. The number of nitrogens with zero attached hydrogens (tertiary/aromatic N) is 2. The summed E-state index contributed by atoms with van der Waals surface area (Å²) >= 11 is 1.63. The first-order valence-corrected chi connectivity index (χ1v) is 6.06. The van der Waals surface area contributed by atoms with Crippen LogP contribution in [0.5, 0.6) is 0 Å². The van der Waals surface area contributed by atoms with E-state index in [9.17, 15) is 4.79 Å². The molecule has 1 aliphatic heterocycles. The maximum absolute atomic E-state index is 12.0. The molecular formula is C10H14N2O2S. The van der Waals surface area contributed by atoms with Gasteiger partial charge in [-0.25, -0.2) is 4.98 Å². The molecule has 0 saturated heterocycles. The maximum atomic E-state index is 12.0. The average Bonchev–Trinajstić information content (AvgIpc) is 2.24. The highest BCUT2D eigenvalue weighted by Crippen LogP contribution is 2.21. The quantitative estimate of drug-likeness (QED) is 0.750. The molecule has 0 saturated carbocycles. The van der Waals surface area contributed by atoms with Crippen LogP contribution < -0.4 is 5.56 Å². The Morgan fingerprint density at radius 3 is 3.13 bits per heavy atom. The molecule has 0 bridgehead atoms. The molecule has 2 rings (SSSR count). The monoisotopic (exact) mass is 226 g/mol. The number of hydrogen-bond donors (Lipinski definition) is 1. The number of hydrogen-bond acceptors (Lipinski definition) is 4. The summed E-state index contributed by atoms with van der Waals surface area (Å²) in [4.78, 5) is 16.4. The largest absolute Gasteiger partial charge is 0.396 e. The van der Waals surface area contributed by atoms with E-state index in [1.807, 2.05) is 6.92 Å². The standard InChI is InChI=1S/C10H14N2O2S/c1-7-8(3-5-13)9(14)12-4-2-6-15-10(12)11-7/h13H,2-6H2,1H3. The third-order valence-corrected chi connectivity index (χ3v) is 3.62. The Morgan fingerprint density at radius 2 is 2.40 bits per heavy atom. The molecule has 82 valence electrons. The molecule has 2 heterocycles. The zero-order valence-electron chi connectivity index (χ0n) is 8.69. The van der Waals surface area contributed by atoms with Gasteiger partial charge in [-0.2, -0.15) is 0 Å². The first-order valence-electron chi connectivity index (χ1n) is 5.08. The Bertz CT molecular complexity index is 428. The number of fused-ring (bicyclic) bond motifs is 1. The van der Waals surface area contributed by atoms with Crippen molar-refractivity contribution in [3.05, 3.63) is 21.6 Å². The van der Waals surface area contributed by atoms with E-state index in [0.717, 1.165) is 29.6 Å². The normalized spacial score (nSPS) is 15.1. The number of aliphatic hydroxyl groups is 1. The first-order chi connectivity index (χ1) is 7.24. The molecular weight excluding hydrogens is 212 g/mol. The van der Waals surface area contributed by atoms with Gasteiger partial charge in [0.25, 0.3) is 5.56 Å². The van der Waals surface area contributed by atoms with E-state index < -0.39 is 0 Å². The highest BCUT2D eigenvalue weighted by Gasteiger charge is 2.16. The van der Waals surface area contributed by atoms with Gasteiger partial charge < -0.3 is 5.11 Å². The minimum absolute atomic E-state index is 0.00422. The predicted octanol–water partition coefficient (Wildman–Crippen LogP) is 0.582. The van der Waals surface area contributed by atoms with Crippen LogP contribution in [0.1, 0.15) is 17.7 Å². The lowest BCUT2D eigenvalue weighted by Crippen LogP contribution is -2.30. The molecule has 0 amide bonds. The van der Waals surface area contributed by atoms with Gasteiger partial charge in [-0.05, 0) is 13.3 Å². The number of aliphatic hydroxyl groups excluding tert-OH is 1. The summed E-state index contributed by atoms with van der Waals surface area (Å²) in [6.07, 6.45) is 1.42. The van der Waals surface area contributed by atoms with Crippen molar-refractivity contribution in [2.45, 2.75) is 31.5 Å². The molecule has 0 unspecified atom stereocenters. The molecule has 4 nitrogen and oxygen atoms in total. The summed E-state index contributed by atoms with van der Waals surface area (Å²) in [5, 5.41) is 9.72. The smallest absolute Gasteiger partial charge is 0.257 e. The van der Waals surface area contributed by atoms with E-state index in [1.165, 1.54) is 0 Å². The highest BCUT2D eigenvalue weighted by molar-refractivity contribution is 7.99. The van der Waals surface area contributed by atoms with Crippen LogP contribution in [-0.4, -0.2) is 27.0 Å². The molecule has 0 radical (unpaired) electrons. The second-order valence-corrected chi connectivity index (χ2v) is 4.65. The Balaban J connectivity index is 2.54. The van der Waals surface area contributed by atoms with Gasteiger partial charge in [0.2, 0.25) is 0 Å². The summed E-state index contributed by atoms with van der Waals surface area (Å²) in [7, 11) is 0. The molecule has 0 atom stereocenters. The van der Waals surface area contributed by atoms with Crippen LogP contribution in [0.3, 0.4) is 0 Å². The van der Waals surface area contributed by atoms with Gasteiger partial charge in [-0.15, -0.1) is 0 Å². The molecule has 0 spiro atoms. The van der Waals surface area contributed by atoms with Gasteiger partial charge in [0.1, 0.15) is 0 Å². The van der Waals surface area contributed by atoms with Crippen LogP contribution in [0.25, 0.3) is 0 Å². The fraction of sp³-hybridized carbons (Fsp3) is 0.600. The molecule has 15 heavy (non-hydrogen) atoms. The van der Waals surface area contributed by atoms with E-state index in [1.54, 1.807) is 16.3 Å². The van der Waals surface area contributed by atoms with Gasteiger partial charge >= 0.3 is 0 Å². The summed E-state index contributed by atoms with van der Waals surface area (Å²) < 4.78 is 1.73. The summed E-state index contributed by atoms with van der Waals surface area (Å²) in [5.74, 6) is 1.03. The van der Waals surface area contributed by atoms with Crippen molar-refractivity contribution in [2.24, 2.45) is 0 Å². The number of aryl methyl sites for hydroxylation is 1. The number of thioether (sulfide) groups is 1. The van der Waals surface area contributed by atoms with E-state index in [-0.39, 0.29) is 12.2 Å². The van der Waals surface area contributed by atoms with Gasteiger partial charge in [-0.3, -0.25) is 9.36 Å². The van der Waals surface area contributed by atoms with Crippen molar-refractivity contribution < 1.29 is 5.11 Å². The average molecular weight is 226 g/mol. The van der Waals surface area contributed by atoms with Crippen molar-refractivity contribution in [1.82, 2.24) is 9.55 Å². The Hall–Kier alpha value is -0.810. The zero-order valence-corrected chi connectivity index (χ0v) is 9.51. The van der Waals surface area contributed by atoms with Crippen molar-refractivity contribution in [3.8, 4) is 0 Å². The van der Waals surface area contributed by atoms with E-state index >= 15 is 0 Å². The van der Waals surface area contributed by atoms with E-state index in [2.05, 4.69) is 4.98 Å². The van der Waals surface area contributed by atoms with Crippen molar-refractivity contribution in [3.63, 3.8) is 0 Å². The SMILES string of the molecule is Cc1nc2n(c(=O)c1CCO)CCCS2. The van der Waals surface area contributed by atoms with Crippen LogP contribution in [0.4, 0.5) is 0 Å². The van der Waals surface area contributed by atoms with Crippen LogP contribution in [0.2, 0.25) is 0 Å². The molecule has 1 aliphatic rings. The summed E-state index contributed by atoms with van der Waals surface area (Å²) in [6.45, 7) is 2.60. The minimum atomic E-state index is 0.00422. The maximum Gasteiger partial charge on any atom is 0.257 e. The third kappa shape index (κ3) is 1.94. The highest BCUT2D eigenvalue weighted by atomic mass is 32.2. The lowest BCUT2D eigenvalue weighted by molar-refractivity contribution is 0.298. The van der Waals surface area contributed by atoms with Gasteiger partial charge in [0.05, 0.1) is 0 Å². The van der Waals surface area contributed by atoms with Crippen LogP contribution >= 0.6 is 11.8 Å². The molecule has 5 heteroatoms. The van der Waals surface area contributed by atoms with Crippen molar-refractivity contribution in [1.29, 1.82) is 0 Å². The molecule has 0 aliphatic carbocycles. The minimum Gasteiger partial charge on any atom is -0.396 e. The van der Waals surface area contributed by atoms with Crippen molar-refractivity contribution in [2.75, 3.05) is 12.4 Å². The van der Waals surface area contributed by atoms with Crippen molar-refractivity contribution >= 4 is 11.8 Å². The lowest BCUT2D eigenvalue weighted by Gasteiger charge is -2.18. The topological polar surface area (TPSA) is 55.1 Å². The fourth-order valence-electron chi connectivity index (χ4n) is 1.77. The lowest BCUT2D eigenvalue weighted by atomic mass is 10.2. The molecule has 1 aromatic heterocycles.